The van der Waals surface area contributed by atoms with Gasteiger partial charge < -0.3 is 25.2 Å². The summed E-state index contributed by atoms with van der Waals surface area (Å²) in [5, 5.41) is 5.38. The molecule has 3 heterocycles. The number of carbonyl (C=O) groups excluding carboxylic acids is 2. The van der Waals surface area contributed by atoms with Gasteiger partial charge in [0.05, 0.1) is 41.3 Å². The number of nitrogens with zero attached hydrogens (tertiary/aromatic N) is 4. The molecule has 1 aliphatic rings. The molecule has 2 aromatic heterocycles. The zero-order valence-corrected chi connectivity index (χ0v) is 20.2. The lowest BCUT2D eigenvalue weighted by molar-refractivity contribution is -0.137. The van der Waals surface area contributed by atoms with E-state index < -0.39 is 17.6 Å². The number of ether oxygens (including phenoxy) is 1. The lowest BCUT2D eigenvalue weighted by Gasteiger charge is -2.26. The van der Waals surface area contributed by atoms with Gasteiger partial charge >= 0.3 is 6.18 Å². The molecule has 37 heavy (non-hydrogen) atoms. The Labute approximate surface area is 211 Å². The Kier molecular flexibility index (Phi) is 7.58. The van der Waals surface area contributed by atoms with Crippen molar-refractivity contribution >= 4 is 34.8 Å². The van der Waals surface area contributed by atoms with E-state index in [0.717, 1.165) is 6.20 Å². The number of para-hydroxylation sites is 1. The second kappa shape index (κ2) is 10.8. The maximum Gasteiger partial charge on any atom is 0.419 e. The van der Waals surface area contributed by atoms with Crippen LogP contribution in [0.15, 0.2) is 54.9 Å². The summed E-state index contributed by atoms with van der Waals surface area (Å²) < 4.78 is 46.8. The molecular formula is C25H25F3N6O3. The van der Waals surface area contributed by atoms with E-state index in [0.29, 0.717) is 37.7 Å². The first-order valence-corrected chi connectivity index (χ1v) is 11.4. The van der Waals surface area contributed by atoms with E-state index in [-0.39, 0.29) is 28.7 Å². The van der Waals surface area contributed by atoms with Gasteiger partial charge in [0, 0.05) is 45.6 Å². The second-order valence-electron chi connectivity index (χ2n) is 8.20. The van der Waals surface area contributed by atoms with Crippen molar-refractivity contribution in [1.82, 2.24) is 20.2 Å². The largest absolute Gasteiger partial charge is 0.419 e. The fourth-order valence-electron chi connectivity index (χ4n) is 3.91. The maximum atomic E-state index is 13.9. The normalized spacial score (nSPS) is 13.7. The SMILES string of the molecule is CNC(=O)c1ccccc1N(C)c1cc(Nc2ccc(C(=O)N3CCOCC3)cn2)ncc1C(F)(F)F. The van der Waals surface area contributed by atoms with Crippen molar-refractivity contribution in [3.8, 4) is 0 Å². The molecule has 2 amide bonds. The average Bonchev–Trinajstić information content (AvgIpc) is 2.92. The Morgan fingerprint density at radius 3 is 2.35 bits per heavy atom. The molecule has 1 aromatic carbocycles. The van der Waals surface area contributed by atoms with Gasteiger partial charge in [0.1, 0.15) is 11.6 Å². The molecule has 0 radical (unpaired) electrons. The molecule has 0 bridgehead atoms. The van der Waals surface area contributed by atoms with Crippen molar-refractivity contribution in [1.29, 1.82) is 0 Å². The number of hydrogen-bond donors (Lipinski definition) is 2. The monoisotopic (exact) mass is 514 g/mol. The molecule has 12 heteroatoms. The van der Waals surface area contributed by atoms with E-state index in [9.17, 15) is 22.8 Å². The van der Waals surface area contributed by atoms with Crippen LogP contribution in [0.4, 0.5) is 36.2 Å². The number of halogens is 3. The Hall–Kier alpha value is -4.19. The summed E-state index contributed by atoms with van der Waals surface area (Å²) in [6.45, 7) is 1.94. The molecule has 0 aliphatic carbocycles. The Morgan fingerprint density at radius 1 is 1.00 bits per heavy atom. The van der Waals surface area contributed by atoms with Crippen LogP contribution in [0.5, 0.6) is 0 Å². The van der Waals surface area contributed by atoms with Gasteiger partial charge in [-0.15, -0.1) is 0 Å². The first-order chi connectivity index (χ1) is 17.7. The number of morpholine rings is 1. The fourth-order valence-corrected chi connectivity index (χ4v) is 3.91. The average molecular weight is 515 g/mol. The van der Waals surface area contributed by atoms with Crippen molar-refractivity contribution < 1.29 is 27.5 Å². The van der Waals surface area contributed by atoms with E-state index in [2.05, 4.69) is 20.6 Å². The molecule has 0 spiro atoms. The number of rotatable bonds is 6. The Morgan fingerprint density at radius 2 is 1.70 bits per heavy atom. The summed E-state index contributed by atoms with van der Waals surface area (Å²) in [5.41, 5.74) is -0.283. The number of hydrogen-bond acceptors (Lipinski definition) is 7. The second-order valence-corrected chi connectivity index (χ2v) is 8.20. The van der Waals surface area contributed by atoms with E-state index in [1.165, 1.54) is 37.3 Å². The highest BCUT2D eigenvalue weighted by Gasteiger charge is 2.36. The number of alkyl halides is 3. The van der Waals surface area contributed by atoms with Crippen molar-refractivity contribution in [2.45, 2.75) is 6.18 Å². The summed E-state index contributed by atoms with van der Waals surface area (Å²) in [4.78, 5) is 36.0. The first-order valence-electron chi connectivity index (χ1n) is 11.4. The van der Waals surface area contributed by atoms with Gasteiger partial charge in [-0.2, -0.15) is 13.2 Å². The number of pyridine rings is 2. The molecule has 1 saturated heterocycles. The minimum absolute atomic E-state index is 0.104. The molecule has 1 aliphatic heterocycles. The number of anilines is 4. The number of benzene rings is 1. The van der Waals surface area contributed by atoms with Crippen molar-refractivity contribution in [3.63, 3.8) is 0 Å². The highest BCUT2D eigenvalue weighted by molar-refractivity contribution is 6.00. The third-order valence-electron chi connectivity index (χ3n) is 5.85. The smallest absolute Gasteiger partial charge is 0.378 e. The van der Waals surface area contributed by atoms with Gasteiger partial charge in [0.2, 0.25) is 0 Å². The maximum absolute atomic E-state index is 13.9. The van der Waals surface area contributed by atoms with Gasteiger partial charge in [-0.05, 0) is 24.3 Å². The number of amides is 2. The molecule has 0 atom stereocenters. The zero-order valence-electron chi connectivity index (χ0n) is 20.2. The summed E-state index contributed by atoms with van der Waals surface area (Å²) in [6, 6.07) is 10.7. The van der Waals surface area contributed by atoms with Crippen molar-refractivity contribution in [2.24, 2.45) is 0 Å². The molecule has 0 saturated carbocycles. The molecular weight excluding hydrogens is 489 g/mol. The number of carbonyl (C=O) groups is 2. The Bertz CT molecular complexity index is 1280. The summed E-state index contributed by atoms with van der Waals surface area (Å²) in [5.74, 6) is -0.204. The predicted molar refractivity (Wildman–Crippen MR) is 131 cm³/mol. The van der Waals surface area contributed by atoms with Crippen LogP contribution < -0.4 is 15.5 Å². The van der Waals surface area contributed by atoms with Crippen molar-refractivity contribution in [3.05, 3.63) is 71.5 Å². The van der Waals surface area contributed by atoms with Crippen LogP contribution in [0, 0.1) is 0 Å². The van der Waals surface area contributed by atoms with Crippen LogP contribution in [0.1, 0.15) is 26.3 Å². The van der Waals surface area contributed by atoms with E-state index >= 15 is 0 Å². The van der Waals surface area contributed by atoms with Crippen LogP contribution in [0.25, 0.3) is 0 Å². The highest BCUT2D eigenvalue weighted by Crippen LogP contribution is 2.40. The predicted octanol–water partition coefficient (Wildman–Crippen LogP) is 3.84. The van der Waals surface area contributed by atoms with Gasteiger partial charge in [-0.25, -0.2) is 9.97 Å². The molecule has 1 fully saturated rings. The summed E-state index contributed by atoms with van der Waals surface area (Å²) >= 11 is 0. The number of aromatic nitrogens is 2. The van der Waals surface area contributed by atoms with Gasteiger partial charge in [0.25, 0.3) is 11.8 Å². The minimum Gasteiger partial charge on any atom is -0.378 e. The van der Waals surface area contributed by atoms with Crippen LogP contribution in [0.3, 0.4) is 0 Å². The quantitative estimate of drug-likeness (QED) is 0.516. The Balaban J connectivity index is 1.62. The molecule has 0 unspecified atom stereocenters. The third-order valence-corrected chi connectivity index (χ3v) is 5.85. The molecule has 3 aromatic rings. The van der Waals surface area contributed by atoms with Crippen molar-refractivity contribution in [2.75, 3.05) is 50.6 Å². The van der Waals surface area contributed by atoms with Gasteiger partial charge in [-0.1, -0.05) is 12.1 Å². The zero-order chi connectivity index (χ0) is 26.6. The minimum atomic E-state index is -4.68. The lowest BCUT2D eigenvalue weighted by Crippen LogP contribution is -2.40. The van der Waals surface area contributed by atoms with E-state index in [1.54, 1.807) is 35.2 Å². The molecule has 194 valence electrons. The van der Waals surface area contributed by atoms with Crippen LogP contribution in [-0.4, -0.2) is 67.1 Å². The van der Waals surface area contributed by atoms with Gasteiger partial charge in [0.15, 0.2) is 0 Å². The topological polar surface area (TPSA) is 99.7 Å². The van der Waals surface area contributed by atoms with E-state index in [4.69, 9.17) is 4.74 Å². The fraction of sp³-hybridized carbons (Fsp3) is 0.280. The lowest BCUT2D eigenvalue weighted by atomic mass is 10.1. The van der Waals surface area contributed by atoms with E-state index in [1.807, 2.05) is 0 Å². The standard InChI is InChI=1S/C25H25F3N6O3/c1-29-23(35)17-5-3-4-6-19(17)33(2)20-13-22(31-15-18(20)25(26,27)28)32-21-8-7-16(14-30-21)24(36)34-9-11-37-12-10-34/h3-8,13-15H,9-12H2,1-2H3,(H,29,35)(H,30,31,32). The molecule has 9 nitrogen and oxygen atoms in total. The van der Waals surface area contributed by atoms with Crippen LogP contribution >= 0.6 is 0 Å². The highest BCUT2D eigenvalue weighted by atomic mass is 19.4. The van der Waals surface area contributed by atoms with Gasteiger partial charge in [-0.3, -0.25) is 9.59 Å². The molecule has 2 N–H and O–H groups in total. The molecule has 4 rings (SSSR count). The number of nitrogens with one attached hydrogen (secondary N) is 2. The summed E-state index contributed by atoms with van der Waals surface area (Å²) in [7, 11) is 2.89. The summed E-state index contributed by atoms with van der Waals surface area (Å²) in [6.07, 6.45) is -2.55. The van der Waals surface area contributed by atoms with Crippen LogP contribution in [0.2, 0.25) is 0 Å². The first kappa shape index (κ1) is 25.9. The van der Waals surface area contributed by atoms with Crippen LogP contribution in [-0.2, 0) is 10.9 Å². The third kappa shape index (κ3) is 5.80.